The van der Waals surface area contributed by atoms with Crippen LogP contribution in [0, 0.1) is 0 Å². The van der Waals surface area contributed by atoms with Crippen molar-refractivity contribution in [2.45, 2.75) is 32.0 Å². The van der Waals surface area contributed by atoms with Gasteiger partial charge in [-0.2, -0.15) is 0 Å². The van der Waals surface area contributed by atoms with Crippen molar-refractivity contribution in [1.82, 2.24) is 9.97 Å². The Hall–Kier alpha value is -1.50. The van der Waals surface area contributed by atoms with Crippen LogP contribution in [0.25, 0.3) is 0 Å². The SMILES string of the molecule is CCNc1cc(NC(C)C(=O)OCC)nc(SC)n1. The average molecular weight is 284 g/mol. The fourth-order valence-electron chi connectivity index (χ4n) is 1.41. The fraction of sp³-hybridized carbons (Fsp3) is 0.583. The van der Waals surface area contributed by atoms with Crippen molar-refractivity contribution in [2.75, 3.05) is 30.0 Å². The largest absolute Gasteiger partial charge is 0.464 e. The molecule has 0 saturated carbocycles. The third-order valence-electron chi connectivity index (χ3n) is 2.25. The zero-order valence-corrected chi connectivity index (χ0v) is 12.5. The molecule has 0 spiro atoms. The summed E-state index contributed by atoms with van der Waals surface area (Å²) in [6.07, 6.45) is 1.91. The van der Waals surface area contributed by atoms with Crippen LogP contribution in [-0.4, -0.2) is 41.4 Å². The van der Waals surface area contributed by atoms with E-state index in [2.05, 4.69) is 20.6 Å². The minimum absolute atomic E-state index is 0.295. The molecule has 19 heavy (non-hydrogen) atoms. The van der Waals surface area contributed by atoms with E-state index in [0.717, 1.165) is 12.4 Å². The molecule has 1 aromatic rings. The van der Waals surface area contributed by atoms with Gasteiger partial charge in [0.05, 0.1) is 6.61 Å². The smallest absolute Gasteiger partial charge is 0.328 e. The molecule has 0 aliphatic rings. The van der Waals surface area contributed by atoms with Crippen LogP contribution in [0.5, 0.6) is 0 Å². The molecule has 0 aliphatic heterocycles. The molecule has 1 heterocycles. The van der Waals surface area contributed by atoms with Gasteiger partial charge in [-0.05, 0) is 27.0 Å². The number of ether oxygens (including phenoxy) is 1. The zero-order chi connectivity index (χ0) is 14.3. The van der Waals surface area contributed by atoms with Gasteiger partial charge in [-0.1, -0.05) is 11.8 Å². The predicted molar refractivity (Wildman–Crippen MR) is 77.7 cm³/mol. The van der Waals surface area contributed by atoms with Crippen molar-refractivity contribution in [3.05, 3.63) is 6.07 Å². The lowest BCUT2D eigenvalue weighted by molar-refractivity contribution is -0.143. The second kappa shape index (κ2) is 7.83. The molecule has 1 rings (SSSR count). The number of nitrogens with zero attached hydrogens (tertiary/aromatic N) is 2. The Kier molecular flexibility index (Phi) is 6.41. The first-order valence-corrected chi connectivity index (χ1v) is 7.43. The standard InChI is InChI=1S/C12H20N4O2S/c1-5-13-9-7-10(16-12(15-9)19-4)14-8(3)11(17)18-6-2/h7-8H,5-6H2,1-4H3,(H2,13,14,15,16). The summed E-state index contributed by atoms with van der Waals surface area (Å²) < 4.78 is 4.94. The molecule has 106 valence electrons. The van der Waals surface area contributed by atoms with Crippen molar-refractivity contribution < 1.29 is 9.53 Å². The summed E-state index contributed by atoms with van der Waals surface area (Å²) in [5.74, 6) is 1.05. The highest BCUT2D eigenvalue weighted by molar-refractivity contribution is 7.98. The van der Waals surface area contributed by atoms with Gasteiger partial charge in [0.15, 0.2) is 5.16 Å². The van der Waals surface area contributed by atoms with E-state index in [4.69, 9.17) is 4.74 Å². The second-order valence-corrected chi connectivity index (χ2v) is 4.55. The Balaban J connectivity index is 2.81. The van der Waals surface area contributed by atoms with Gasteiger partial charge >= 0.3 is 5.97 Å². The number of aromatic nitrogens is 2. The van der Waals surface area contributed by atoms with Crippen molar-refractivity contribution >= 4 is 29.4 Å². The number of hydrogen-bond donors (Lipinski definition) is 2. The van der Waals surface area contributed by atoms with Crippen LogP contribution < -0.4 is 10.6 Å². The maximum atomic E-state index is 11.6. The predicted octanol–water partition coefficient (Wildman–Crippen LogP) is 1.99. The van der Waals surface area contributed by atoms with E-state index < -0.39 is 6.04 Å². The summed E-state index contributed by atoms with van der Waals surface area (Å²) in [5.41, 5.74) is 0. The van der Waals surface area contributed by atoms with Crippen LogP contribution in [-0.2, 0) is 9.53 Å². The minimum Gasteiger partial charge on any atom is -0.464 e. The summed E-state index contributed by atoms with van der Waals surface area (Å²) in [6, 6.07) is 1.33. The third-order valence-corrected chi connectivity index (χ3v) is 2.80. The molecule has 0 aliphatic carbocycles. The molecule has 0 saturated heterocycles. The Morgan fingerprint density at radius 3 is 2.68 bits per heavy atom. The molecule has 2 N–H and O–H groups in total. The normalized spacial score (nSPS) is 11.8. The highest BCUT2D eigenvalue weighted by Crippen LogP contribution is 2.17. The number of thioether (sulfide) groups is 1. The van der Waals surface area contributed by atoms with E-state index in [-0.39, 0.29) is 5.97 Å². The Labute approximate surface area is 117 Å². The van der Waals surface area contributed by atoms with E-state index in [1.165, 1.54) is 11.8 Å². The van der Waals surface area contributed by atoms with Crippen molar-refractivity contribution in [3.8, 4) is 0 Å². The Bertz CT molecular complexity index is 428. The number of hydrogen-bond acceptors (Lipinski definition) is 7. The summed E-state index contributed by atoms with van der Waals surface area (Å²) in [6.45, 7) is 6.66. The van der Waals surface area contributed by atoms with Crippen LogP contribution in [0.1, 0.15) is 20.8 Å². The van der Waals surface area contributed by atoms with Gasteiger partial charge in [-0.3, -0.25) is 0 Å². The quantitative estimate of drug-likeness (QED) is 0.450. The van der Waals surface area contributed by atoms with Crippen LogP contribution in [0.2, 0.25) is 0 Å². The van der Waals surface area contributed by atoms with Crippen molar-refractivity contribution in [1.29, 1.82) is 0 Å². The zero-order valence-electron chi connectivity index (χ0n) is 11.7. The third kappa shape index (κ3) is 4.94. The van der Waals surface area contributed by atoms with Crippen molar-refractivity contribution in [2.24, 2.45) is 0 Å². The lowest BCUT2D eigenvalue weighted by Crippen LogP contribution is -2.28. The first-order chi connectivity index (χ1) is 9.10. The van der Waals surface area contributed by atoms with E-state index in [9.17, 15) is 4.79 Å². The van der Waals surface area contributed by atoms with E-state index in [1.54, 1.807) is 19.9 Å². The summed E-state index contributed by atoms with van der Waals surface area (Å²) in [5, 5.41) is 6.80. The van der Waals surface area contributed by atoms with Crippen LogP contribution in [0.4, 0.5) is 11.6 Å². The summed E-state index contributed by atoms with van der Waals surface area (Å²) in [4.78, 5) is 20.2. The number of esters is 1. The van der Waals surface area contributed by atoms with Crippen molar-refractivity contribution in [3.63, 3.8) is 0 Å². The first kappa shape index (κ1) is 15.6. The first-order valence-electron chi connectivity index (χ1n) is 6.20. The molecular formula is C12H20N4O2S. The van der Waals surface area contributed by atoms with Gasteiger partial charge in [0.25, 0.3) is 0 Å². The number of nitrogens with one attached hydrogen (secondary N) is 2. The molecule has 0 radical (unpaired) electrons. The van der Waals surface area contributed by atoms with Gasteiger partial charge < -0.3 is 15.4 Å². The lowest BCUT2D eigenvalue weighted by atomic mass is 10.3. The molecule has 1 atom stereocenters. The molecule has 0 fully saturated rings. The molecular weight excluding hydrogens is 264 g/mol. The van der Waals surface area contributed by atoms with Gasteiger partial charge in [-0.15, -0.1) is 0 Å². The molecule has 7 heteroatoms. The molecule has 0 amide bonds. The lowest BCUT2D eigenvalue weighted by Gasteiger charge is -2.14. The van der Waals surface area contributed by atoms with E-state index in [1.807, 2.05) is 13.2 Å². The Morgan fingerprint density at radius 1 is 1.42 bits per heavy atom. The molecule has 0 aromatic carbocycles. The van der Waals surface area contributed by atoms with Crippen LogP contribution in [0.3, 0.4) is 0 Å². The van der Waals surface area contributed by atoms with Gasteiger partial charge in [0.2, 0.25) is 0 Å². The molecule has 1 unspecified atom stereocenters. The van der Waals surface area contributed by atoms with Gasteiger partial charge in [0, 0.05) is 12.6 Å². The van der Waals surface area contributed by atoms with Crippen LogP contribution >= 0.6 is 11.8 Å². The second-order valence-electron chi connectivity index (χ2n) is 3.77. The maximum absolute atomic E-state index is 11.6. The molecule has 1 aromatic heterocycles. The summed E-state index contributed by atoms with van der Waals surface area (Å²) in [7, 11) is 0. The van der Waals surface area contributed by atoms with Gasteiger partial charge in [0.1, 0.15) is 17.7 Å². The minimum atomic E-state index is -0.445. The van der Waals surface area contributed by atoms with E-state index in [0.29, 0.717) is 17.6 Å². The monoisotopic (exact) mass is 284 g/mol. The number of rotatable bonds is 7. The number of carbonyl (C=O) groups is 1. The Morgan fingerprint density at radius 2 is 2.11 bits per heavy atom. The van der Waals surface area contributed by atoms with Gasteiger partial charge in [-0.25, -0.2) is 14.8 Å². The highest BCUT2D eigenvalue weighted by Gasteiger charge is 2.15. The molecule has 0 bridgehead atoms. The highest BCUT2D eigenvalue weighted by atomic mass is 32.2. The average Bonchev–Trinajstić information content (AvgIpc) is 2.39. The molecule has 6 nitrogen and oxygen atoms in total. The maximum Gasteiger partial charge on any atom is 0.328 e. The number of anilines is 2. The number of carbonyl (C=O) groups excluding carboxylic acids is 1. The van der Waals surface area contributed by atoms with E-state index >= 15 is 0 Å². The fourth-order valence-corrected chi connectivity index (χ4v) is 1.79. The topological polar surface area (TPSA) is 76.1 Å². The van der Waals surface area contributed by atoms with Crippen LogP contribution in [0.15, 0.2) is 11.2 Å². The summed E-state index contributed by atoms with van der Waals surface area (Å²) >= 11 is 1.45.